The van der Waals surface area contributed by atoms with Crippen LogP contribution in [-0.4, -0.2) is 35.6 Å². The Morgan fingerprint density at radius 3 is 2.30 bits per heavy atom. The normalized spacial score (nSPS) is 19.2. The summed E-state index contributed by atoms with van der Waals surface area (Å²) in [6.45, 7) is 6.89. The lowest BCUT2D eigenvalue weighted by atomic mass is 9.72. The Balaban J connectivity index is 2.17. The van der Waals surface area contributed by atoms with Crippen LogP contribution < -0.4 is 0 Å². The fourth-order valence-corrected chi connectivity index (χ4v) is 3.03. The molecule has 20 heavy (non-hydrogen) atoms. The Kier molecular flexibility index (Phi) is 4.43. The molecule has 4 heteroatoms. The van der Waals surface area contributed by atoms with Gasteiger partial charge in [-0.05, 0) is 49.5 Å². The van der Waals surface area contributed by atoms with E-state index in [1.54, 1.807) is 12.1 Å². The van der Waals surface area contributed by atoms with E-state index in [9.17, 15) is 14.3 Å². The molecule has 0 spiro atoms. The molecular formula is C16H22FNO2. The fraction of sp³-hybridized carbons (Fsp3) is 0.562. The fourth-order valence-electron chi connectivity index (χ4n) is 3.03. The van der Waals surface area contributed by atoms with Gasteiger partial charge in [0.1, 0.15) is 5.82 Å². The summed E-state index contributed by atoms with van der Waals surface area (Å²) in [5.41, 5.74) is -0.142. The molecule has 0 saturated carbocycles. The van der Waals surface area contributed by atoms with Gasteiger partial charge in [-0.2, -0.15) is 0 Å². The average Bonchev–Trinajstić information content (AvgIpc) is 2.40. The molecule has 0 bridgehead atoms. The van der Waals surface area contributed by atoms with Gasteiger partial charge in [0.25, 0.3) is 0 Å². The number of carbonyl (C=O) groups is 1. The summed E-state index contributed by atoms with van der Waals surface area (Å²) < 4.78 is 13.0. The summed E-state index contributed by atoms with van der Waals surface area (Å²) in [6.07, 6.45) is 1.17. The van der Waals surface area contributed by atoms with Crippen LogP contribution in [0, 0.1) is 11.7 Å². The van der Waals surface area contributed by atoms with Gasteiger partial charge in [0, 0.05) is 6.54 Å². The minimum absolute atomic E-state index is 0.327. The van der Waals surface area contributed by atoms with E-state index in [1.165, 1.54) is 12.1 Å². The first-order chi connectivity index (χ1) is 9.44. The Labute approximate surface area is 119 Å². The van der Waals surface area contributed by atoms with Crippen LogP contribution in [0.4, 0.5) is 4.39 Å². The van der Waals surface area contributed by atoms with Crippen LogP contribution in [-0.2, 0) is 10.2 Å². The molecule has 1 aliphatic heterocycles. The molecule has 0 unspecified atom stereocenters. The van der Waals surface area contributed by atoms with Crippen molar-refractivity contribution in [2.45, 2.75) is 32.1 Å². The Bertz CT molecular complexity index is 462. The number of piperidine rings is 1. The van der Waals surface area contributed by atoms with Gasteiger partial charge in [-0.1, -0.05) is 26.0 Å². The smallest absolute Gasteiger partial charge is 0.314 e. The predicted octanol–water partition coefficient (Wildman–Crippen LogP) is 2.90. The summed E-state index contributed by atoms with van der Waals surface area (Å²) in [4.78, 5) is 14.1. The predicted molar refractivity (Wildman–Crippen MR) is 76.2 cm³/mol. The van der Waals surface area contributed by atoms with Crippen LogP contribution in [0.3, 0.4) is 0 Å². The minimum atomic E-state index is -0.860. The molecular weight excluding hydrogens is 257 g/mol. The van der Waals surface area contributed by atoms with Gasteiger partial charge in [0.2, 0.25) is 0 Å². The molecule has 1 saturated heterocycles. The third-order valence-electron chi connectivity index (χ3n) is 4.14. The number of halogens is 1. The summed E-state index contributed by atoms with van der Waals surface area (Å²) in [7, 11) is 0. The highest BCUT2D eigenvalue weighted by atomic mass is 19.1. The number of hydrogen-bond donors (Lipinski definition) is 1. The Morgan fingerprint density at radius 2 is 1.85 bits per heavy atom. The van der Waals surface area contributed by atoms with Crippen LogP contribution in [0.15, 0.2) is 24.3 Å². The molecule has 0 aromatic heterocycles. The number of carboxylic acid groups (broad SMARTS) is 1. The molecule has 1 N–H and O–H groups in total. The zero-order valence-electron chi connectivity index (χ0n) is 12.1. The van der Waals surface area contributed by atoms with Crippen molar-refractivity contribution in [1.82, 2.24) is 4.90 Å². The number of likely N-dealkylation sites (tertiary alicyclic amines) is 1. The molecule has 2 rings (SSSR count). The molecule has 110 valence electrons. The van der Waals surface area contributed by atoms with Crippen molar-refractivity contribution >= 4 is 5.97 Å². The van der Waals surface area contributed by atoms with Gasteiger partial charge in [0.05, 0.1) is 5.41 Å². The maximum absolute atomic E-state index is 13.0. The maximum atomic E-state index is 13.0. The first-order valence-electron chi connectivity index (χ1n) is 7.16. The van der Waals surface area contributed by atoms with E-state index in [-0.39, 0.29) is 5.82 Å². The topological polar surface area (TPSA) is 40.5 Å². The number of nitrogens with zero attached hydrogens (tertiary/aromatic N) is 1. The summed E-state index contributed by atoms with van der Waals surface area (Å²) >= 11 is 0. The number of carboxylic acids is 1. The van der Waals surface area contributed by atoms with Gasteiger partial charge in [0.15, 0.2) is 0 Å². The standard InChI is InChI=1S/C16H22FNO2/c1-12(2)11-18-9-7-16(8-10-18,15(19)20)13-3-5-14(17)6-4-13/h3-6,12H,7-11H2,1-2H3,(H,19,20). The Morgan fingerprint density at radius 1 is 1.30 bits per heavy atom. The summed E-state index contributed by atoms with van der Waals surface area (Å²) in [5.74, 6) is -0.544. The SMILES string of the molecule is CC(C)CN1CCC(C(=O)O)(c2ccc(F)cc2)CC1. The highest BCUT2D eigenvalue weighted by Gasteiger charge is 2.43. The zero-order chi connectivity index (χ0) is 14.8. The van der Waals surface area contributed by atoms with Crippen LogP contribution in [0.5, 0.6) is 0 Å². The van der Waals surface area contributed by atoms with Crippen LogP contribution in [0.25, 0.3) is 0 Å². The third kappa shape index (κ3) is 3.01. The molecule has 1 aliphatic rings. The van der Waals surface area contributed by atoms with Crippen molar-refractivity contribution in [3.8, 4) is 0 Å². The van der Waals surface area contributed by atoms with E-state index in [1.807, 2.05) is 0 Å². The van der Waals surface area contributed by atoms with Crippen molar-refractivity contribution in [2.75, 3.05) is 19.6 Å². The second-order valence-corrected chi connectivity index (χ2v) is 6.09. The van der Waals surface area contributed by atoms with Crippen LogP contribution in [0.1, 0.15) is 32.3 Å². The van der Waals surface area contributed by atoms with E-state index in [0.29, 0.717) is 18.8 Å². The van der Waals surface area contributed by atoms with E-state index in [0.717, 1.165) is 25.2 Å². The monoisotopic (exact) mass is 279 g/mol. The number of aliphatic carboxylic acids is 1. The Hall–Kier alpha value is -1.42. The van der Waals surface area contributed by atoms with E-state index in [2.05, 4.69) is 18.7 Å². The molecule has 0 amide bonds. The van der Waals surface area contributed by atoms with Gasteiger partial charge in [-0.3, -0.25) is 4.79 Å². The van der Waals surface area contributed by atoms with Gasteiger partial charge in [-0.25, -0.2) is 4.39 Å². The van der Waals surface area contributed by atoms with Crippen LogP contribution >= 0.6 is 0 Å². The number of rotatable bonds is 4. The second kappa shape index (κ2) is 5.92. The largest absolute Gasteiger partial charge is 0.481 e. The minimum Gasteiger partial charge on any atom is -0.481 e. The first-order valence-corrected chi connectivity index (χ1v) is 7.16. The van der Waals surface area contributed by atoms with Crippen molar-refractivity contribution in [2.24, 2.45) is 5.92 Å². The lowest BCUT2D eigenvalue weighted by Crippen LogP contribution is -2.48. The molecule has 0 aliphatic carbocycles. The van der Waals surface area contributed by atoms with Crippen molar-refractivity contribution < 1.29 is 14.3 Å². The molecule has 1 heterocycles. The molecule has 0 atom stereocenters. The van der Waals surface area contributed by atoms with Crippen LogP contribution in [0.2, 0.25) is 0 Å². The molecule has 1 aromatic carbocycles. The van der Waals surface area contributed by atoms with Crippen molar-refractivity contribution in [3.63, 3.8) is 0 Å². The van der Waals surface area contributed by atoms with E-state index in [4.69, 9.17) is 0 Å². The molecule has 1 aromatic rings. The quantitative estimate of drug-likeness (QED) is 0.921. The third-order valence-corrected chi connectivity index (χ3v) is 4.14. The summed E-state index contributed by atoms with van der Waals surface area (Å²) in [5, 5.41) is 9.67. The van der Waals surface area contributed by atoms with E-state index < -0.39 is 11.4 Å². The zero-order valence-corrected chi connectivity index (χ0v) is 12.1. The van der Waals surface area contributed by atoms with Gasteiger partial charge in [-0.15, -0.1) is 0 Å². The number of benzene rings is 1. The van der Waals surface area contributed by atoms with Crippen molar-refractivity contribution in [3.05, 3.63) is 35.6 Å². The lowest BCUT2D eigenvalue weighted by molar-refractivity contribution is -0.146. The highest BCUT2D eigenvalue weighted by Crippen LogP contribution is 2.36. The molecule has 1 fully saturated rings. The summed E-state index contributed by atoms with van der Waals surface area (Å²) in [6, 6.07) is 5.92. The molecule has 0 radical (unpaired) electrons. The van der Waals surface area contributed by atoms with Crippen molar-refractivity contribution in [1.29, 1.82) is 0 Å². The van der Waals surface area contributed by atoms with Gasteiger partial charge < -0.3 is 10.0 Å². The second-order valence-electron chi connectivity index (χ2n) is 6.09. The molecule has 3 nitrogen and oxygen atoms in total. The highest BCUT2D eigenvalue weighted by molar-refractivity contribution is 5.81. The maximum Gasteiger partial charge on any atom is 0.314 e. The van der Waals surface area contributed by atoms with Gasteiger partial charge >= 0.3 is 5.97 Å². The number of hydrogen-bond acceptors (Lipinski definition) is 2. The first kappa shape index (κ1) is 15.0. The van der Waals surface area contributed by atoms with E-state index >= 15 is 0 Å². The average molecular weight is 279 g/mol. The lowest BCUT2D eigenvalue weighted by Gasteiger charge is -2.39.